The van der Waals surface area contributed by atoms with Crippen molar-refractivity contribution >= 4 is 28.4 Å². The van der Waals surface area contributed by atoms with Crippen LogP contribution in [0.5, 0.6) is 0 Å². The van der Waals surface area contributed by atoms with Crippen molar-refractivity contribution in [1.82, 2.24) is 20.2 Å². The van der Waals surface area contributed by atoms with Crippen LogP contribution in [-0.2, 0) is 0 Å². The molecule has 2 aromatic rings. The van der Waals surface area contributed by atoms with Gasteiger partial charge in [0.2, 0.25) is 0 Å². The molecule has 1 atom stereocenters. The first-order valence-electron chi connectivity index (χ1n) is 8.11. The predicted octanol–water partition coefficient (Wildman–Crippen LogP) is 3.27. The van der Waals surface area contributed by atoms with E-state index in [4.69, 9.17) is 17.2 Å². The number of nitrogens with zero attached hydrogens (tertiary/aromatic N) is 2. The highest BCUT2D eigenvalue weighted by Crippen LogP contribution is 2.26. The van der Waals surface area contributed by atoms with E-state index >= 15 is 0 Å². The number of hydrogen-bond acceptors (Lipinski definition) is 2. The van der Waals surface area contributed by atoms with Crippen molar-refractivity contribution in [3.8, 4) is 0 Å². The molecule has 1 saturated heterocycles. The number of aromatic amines is 1. The standard InChI is InChI=1S/C17H24N4S/c1-12(2)10-18-17(22)21-9-5-6-13(11-21)16-19-14-7-3-4-8-15(14)20-16/h3-4,7-8,12-13H,5-6,9-11H2,1-2H3,(H,18,22)(H,19,20). The summed E-state index contributed by atoms with van der Waals surface area (Å²) in [6.45, 7) is 7.32. The van der Waals surface area contributed by atoms with Crippen molar-refractivity contribution in [1.29, 1.82) is 0 Å². The first-order valence-corrected chi connectivity index (χ1v) is 8.51. The summed E-state index contributed by atoms with van der Waals surface area (Å²) >= 11 is 5.54. The third kappa shape index (κ3) is 3.40. The lowest BCUT2D eigenvalue weighted by Gasteiger charge is -2.34. The zero-order valence-corrected chi connectivity index (χ0v) is 14.1. The molecular weight excluding hydrogens is 292 g/mol. The molecule has 1 aliphatic heterocycles. The Kier molecular flexibility index (Phi) is 4.62. The number of imidazole rings is 1. The maximum atomic E-state index is 5.54. The van der Waals surface area contributed by atoms with Gasteiger partial charge in [0.25, 0.3) is 0 Å². The molecule has 0 aliphatic carbocycles. The van der Waals surface area contributed by atoms with E-state index in [0.29, 0.717) is 11.8 Å². The normalized spacial score (nSPS) is 18.9. The lowest BCUT2D eigenvalue weighted by molar-refractivity contribution is 0.299. The minimum Gasteiger partial charge on any atom is -0.362 e. The predicted molar refractivity (Wildman–Crippen MR) is 95.1 cm³/mol. The number of likely N-dealkylation sites (tertiary alicyclic amines) is 1. The zero-order chi connectivity index (χ0) is 15.5. The van der Waals surface area contributed by atoms with Crippen LogP contribution in [0.25, 0.3) is 11.0 Å². The molecule has 3 rings (SSSR count). The van der Waals surface area contributed by atoms with Crippen LogP contribution >= 0.6 is 12.2 Å². The molecule has 0 radical (unpaired) electrons. The van der Waals surface area contributed by atoms with Crippen LogP contribution in [0, 0.1) is 5.92 Å². The smallest absolute Gasteiger partial charge is 0.168 e. The summed E-state index contributed by atoms with van der Waals surface area (Å²) < 4.78 is 0. The van der Waals surface area contributed by atoms with Gasteiger partial charge in [-0.05, 0) is 43.1 Å². The highest BCUT2D eigenvalue weighted by Gasteiger charge is 2.25. The number of para-hydroxylation sites is 2. The van der Waals surface area contributed by atoms with Gasteiger partial charge in [-0.1, -0.05) is 26.0 Å². The van der Waals surface area contributed by atoms with Crippen LogP contribution in [-0.4, -0.2) is 39.6 Å². The van der Waals surface area contributed by atoms with Gasteiger partial charge in [-0.15, -0.1) is 0 Å². The van der Waals surface area contributed by atoms with Gasteiger partial charge in [0, 0.05) is 25.6 Å². The topological polar surface area (TPSA) is 44.0 Å². The fourth-order valence-electron chi connectivity index (χ4n) is 2.95. The Morgan fingerprint density at radius 2 is 2.27 bits per heavy atom. The van der Waals surface area contributed by atoms with Crippen LogP contribution < -0.4 is 5.32 Å². The lowest BCUT2D eigenvalue weighted by atomic mass is 9.98. The minimum atomic E-state index is 0.431. The second-order valence-corrected chi connectivity index (χ2v) is 6.89. The molecule has 22 heavy (non-hydrogen) atoms. The van der Waals surface area contributed by atoms with E-state index in [9.17, 15) is 0 Å². The highest BCUT2D eigenvalue weighted by molar-refractivity contribution is 7.80. The van der Waals surface area contributed by atoms with Gasteiger partial charge in [-0.2, -0.15) is 0 Å². The molecule has 0 saturated carbocycles. The van der Waals surface area contributed by atoms with Crippen LogP contribution in [0.2, 0.25) is 0 Å². The number of piperidine rings is 1. The number of thiocarbonyl (C=S) groups is 1. The SMILES string of the molecule is CC(C)CNC(=S)N1CCCC(c2nc3ccccc3[nH]2)C1. The van der Waals surface area contributed by atoms with E-state index in [-0.39, 0.29) is 0 Å². The summed E-state index contributed by atoms with van der Waals surface area (Å²) in [6.07, 6.45) is 2.33. The zero-order valence-electron chi connectivity index (χ0n) is 13.3. The number of nitrogens with one attached hydrogen (secondary N) is 2. The molecule has 1 aromatic heterocycles. The molecular formula is C17H24N4S. The van der Waals surface area contributed by atoms with E-state index < -0.39 is 0 Å². The van der Waals surface area contributed by atoms with Crippen LogP contribution in [0.1, 0.15) is 38.4 Å². The first kappa shape index (κ1) is 15.3. The van der Waals surface area contributed by atoms with Gasteiger partial charge in [0.05, 0.1) is 11.0 Å². The highest BCUT2D eigenvalue weighted by atomic mass is 32.1. The van der Waals surface area contributed by atoms with Gasteiger partial charge in [-0.25, -0.2) is 4.98 Å². The second-order valence-electron chi connectivity index (χ2n) is 6.50. The molecule has 0 bridgehead atoms. The Balaban J connectivity index is 1.68. The third-order valence-electron chi connectivity index (χ3n) is 4.16. The summed E-state index contributed by atoms with van der Waals surface area (Å²) in [4.78, 5) is 10.5. The average molecular weight is 316 g/mol. The Morgan fingerprint density at radius 3 is 3.05 bits per heavy atom. The van der Waals surface area contributed by atoms with Crippen molar-refractivity contribution in [3.63, 3.8) is 0 Å². The Hall–Kier alpha value is -1.62. The van der Waals surface area contributed by atoms with Crippen molar-refractivity contribution < 1.29 is 0 Å². The van der Waals surface area contributed by atoms with Crippen molar-refractivity contribution in [2.75, 3.05) is 19.6 Å². The fourth-order valence-corrected chi connectivity index (χ4v) is 3.20. The number of fused-ring (bicyclic) bond motifs is 1. The molecule has 0 spiro atoms. The van der Waals surface area contributed by atoms with Gasteiger partial charge in [-0.3, -0.25) is 0 Å². The largest absolute Gasteiger partial charge is 0.362 e. The number of aromatic nitrogens is 2. The molecule has 0 amide bonds. The van der Waals surface area contributed by atoms with Crippen LogP contribution in [0.15, 0.2) is 24.3 Å². The van der Waals surface area contributed by atoms with Crippen LogP contribution in [0.4, 0.5) is 0 Å². The van der Waals surface area contributed by atoms with Crippen molar-refractivity contribution in [3.05, 3.63) is 30.1 Å². The van der Waals surface area contributed by atoms with Crippen molar-refractivity contribution in [2.24, 2.45) is 5.92 Å². The Morgan fingerprint density at radius 1 is 1.45 bits per heavy atom. The second kappa shape index (κ2) is 6.65. The molecule has 1 aliphatic rings. The number of hydrogen-bond donors (Lipinski definition) is 2. The summed E-state index contributed by atoms with van der Waals surface area (Å²) in [6, 6.07) is 8.22. The maximum absolute atomic E-state index is 5.54. The van der Waals surface area contributed by atoms with E-state index in [2.05, 4.69) is 41.2 Å². The van der Waals surface area contributed by atoms with Gasteiger partial charge in [0.1, 0.15) is 5.82 Å². The molecule has 2 heterocycles. The molecule has 4 nitrogen and oxygen atoms in total. The number of H-pyrrole nitrogens is 1. The lowest BCUT2D eigenvalue weighted by Crippen LogP contribution is -2.45. The van der Waals surface area contributed by atoms with E-state index in [1.165, 1.54) is 6.42 Å². The van der Waals surface area contributed by atoms with Crippen molar-refractivity contribution in [2.45, 2.75) is 32.6 Å². The van der Waals surface area contributed by atoms with E-state index in [1.54, 1.807) is 0 Å². The molecule has 2 N–H and O–H groups in total. The number of benzene rings is 1. The van der Waals surface area contributed by atoms with Gasteiger partial charge >= 0.3 is 0 Å². The van der Waals surface area contributed by atoms with E-state index in [0.717, 1.165) is 48.0 Å². The molecule has 118 valence electrons. The van der Waals surface area contributed by atoms with Gasteiger partial charge < -0.3 is 15.2 Å². The third-order valence-corrected chi connectivity index (χ3v) is 4.57. The monoisotopic (exact) mass is 316 g/mol. The summed E-state index contributed by atoms with van der Waals surface area (Å²) in [5, 5.41) is 4.26. The van der Waals surface area contributed by atoms with Crippen LogP contribution in [0.3, 0.4) is 0 Å². The summed E-state index contributed by atoms with van der Waals surface area (Å²) in [7, 11) is 0. The fraction of sp³-hybridized carbons (Fsp3) is 0.529. The minimum absolute atomic E-state index is 0.431. The van der Waals surface area contributed by atoms with Gasteiger partial charge in [0.15, 0.2) is 5.11 Å². The summed E-state index contributed by atoms with van der Waals surface area (Å²) in [5.41, 5.74) is 2.17. The average Bonchev–Trinajstić information content (AvgIpc) is 2.96. The quantitative estimate of drug-likeness (QED) is 0.853. The first-order chi connectivity index (χ1) is 10.6. The maximum Gasteiger partial charge on any atom is 0.168 e. The Labute approximate surface area is 137 Å². The van der Waals surface area contributed by atoms with E-state index in [1.807, 2.05) is 12.1 Å². The molecule has 1 fully saturated rings. The molecule has 5 heteroatoms. The number of rotatable bonds is 3. The molecule has 1 aromatic carbocycles. The molecule has 1 unspecified atom stereocenters. The summed E-state index contributed by atoms with van der Waals surface area (Å²) in [5.74, 6) is 2.13. The Bertz CT molecular complexity index is 616.